The maximum absolute atomic E-state index is 12.6. The average Bonchev–Trinajstić information content (AvgIpc) is 3.41. The van der Waals surface area contributed by atoms with Crippen LogP contribution in [-0.4, -0.2) is 40.1 Å². The van der Waals surface area contributed by atoms with Crippen LogP contribution in [0, 0.1) is 0 Å². The third-order valence-electron chi connectivity index (χ3n) is 5.17. The zero-order chi connectivity index (χ0) is 22.0. The van der Waals surface area contributed by atoms with Crippen LogP contribution in [0.5, 0.6) is 5.75 Å². The summed E-state index contributed by atoms with van der Waals surface area (Å²) in [4.78, 5) is 33.3. The number of hydrogen-bond donors (Lipinski definition) is 4. The number of amides is 2. The Morgan fingerprint density at radius 1 is 1.26 bits per heavy atom. The first-order valence-electron chi connectivity index (χ1n) is 9.80. The Bertz CT molecular complexity index is 1120. The second kappa shape index (κ2) is 8.44. The Morgan fingerprint density at radius 2 is 2.03 bits per heavy atom. The summed E-state index contributed by atoms with van der Waals surface area (Å²) in [5, 5.41) is 6.04. The smallest absolute Gasteiger partial charge is 0.269 e. The van der Waals surface area contributed by atoms with E-state index >= 15 is 0 Å². The van der Waals surface area contributed by atoms with Crippen LogP contribution in [0.15, 0.2) is 42.6 Å². The van der Waals surface area contributed by atoms with E-state index in [0.717, 1.165) is 19.4 Å². The van der Waals surface area contributed by atoms with Crippen LogP contribution < -0.4 is 26.9 Å². The zero-order valence-corrected chi connectivity index (χ0v) is 17.0. The molecule has 4 rings (SSSR count). The van der Waals surface area contributed by atoms with Crippen molar-refractivity contribution in [2.24, 2.45) is 5.73 Å². The van der Waals surface area contributed by atoms with Crippen molar-refractivity contribution in [1.29, 1.82) is 0 Å². The van der Waals surface area contributed by atoms with Crippen molar-refractivity contribution < 1.29 is 14.3 Å². The maximum Gasteiger partial charge on any atom is 0.269 e. The molecule has 3 aromatic rings. The molecule has 1 aromatic carbocycles. The Labute approximate surface area is 178 Å². The van der Waals surface area contributed by atoms with E-state index in [2.05, 4.69) is 20.6 Å². The molecular formula is C21H23N7O3. The molecule has 31 heavy (non-hydrogen) atoms. The molecule has 1 aliphatic rings. The van der Waals surface area contributed by atoms with Gasteiger partial charge >= 0.3 is 0 Å². The maximum atomic E-state index is 12.6. The Kier molecular flexibility index (Phi) is 5.54. The largest absolute Gasteiger partial charge is 0.497 e. The number of hydrogen-bond acceptors (Lipinski definition) is 7. The molecule has 0 radical (unpaired) electrons. The summed E-state index contributed by atoms with van der Waals surface area (Å²) in [6.45, 7) is 0.866. The Balaban J connectivity index is 1.59. The van der Waals surface area contributed by atoms with Gasteiger partial charge < -0.3 is 26.9 Å². The Hall–Kier alpha value is -3.92. The van der Waals surface area contributed by atoms with Crippen molar-refractivity contribution in [1.82, 2.24) is 20.0 Å². The van der Waals surface area contributed by atoms with Crippen LogP contribution in [0.25, 0.3) is 11.3 Å². The first kappa shape index (κ1) is 20.4. The summed E-state index contributed by atoms with van der Waals surface area (Å²) < 4.78 is 6.39. The molecule has 2 amide bonds. The molecule has 2 aromatic heterocycles. The van der Waals surface area contributed by atoms with E-state index in [1.165, 1.54) is 11.8 Å². The molecule has 6 N–H and O–H groups in total. The van der Waals surface area contributed by atoms with Crippen LogP contribution in [0.4, 0.5) is 5.82 Å². The number of nitrogens with zero attached hydrogens (tertiary/aromatic N) is 3. The first-order valence-corrected chi connectivity index (χ1v) is 9.80. The highest BCUT2D eigenvalue weighted by Crippen LogP contribution is 2.29. The van der Waals surface area contributed by atoms with E-state index in [1.807, 2.05) is 0 Å². The highest BCUT2D eigenvalue weighted by Gasteiger charge is 2.27. The molecule has 0 spiro atoms. The fourth-order valence-electron chi connectivity index (χ4n) is 3.61. The molecule has 10 nitrogen and oxygen atoms in total. The van der Waals surface area contributed by atoms with Crippen LogP contribution in [0.1, 0.15) is 45.6 Å². The topological polar surface area (TPSA) is 150 Å². The third kappa shape index (κ3) is 4.05. The number of nitrogens with two attached hydrogens (primary N) is 2. The number of nitrogen functional groups attached to an aromatic ring is 1. The number of aromatic nitrogens is 3. The molecule has 1 fully saturated rings. The summed E-state index contributed by atoms with van der Waals surface area (Å²) in [6.07, 6.45) is 3.43. The molecule has 1 unspecified atom stereocenters. The molecule has 10 heteroatoms. The van der Waals surface area contributed by atoms with Gasteiger partial charge in [0, 0.05) is 23.4 Å². The molecule has 1 atom stereocenters. The molecule has 0 aliphatic carbocycles. The van der Waals surface area contributed by atoms with Gasteiger partial charge in [0.2, 0.25) is 0 Å². The molecule has 160 valence electrons. The van der Waals surface area contributed by atoms with Crippen molar-refractivity contribution in [3.05, 3.63) is 59.7 Å². The number of carbonyl (C=O) groups is 2. The Morgan fingerprint density at radius 3 is 2.68 bits per heavy atom. The highest BCUT2D eigenvalue weighted by molar-refractivity contribution is 6.04. The van der Waals surface area contributed by atoms with Crippen LogP contribution in [0.2, 0.25) is 0 Å². The number of nitrogens with one attached hydrogen (secondary N) is 2. The quantitative estimate of drug-likeness (QED) is 0.440. The number of pyridine rings is 1. The van der Waals surface area contributed by atoms with Crippen molar-refractivity contribution in [2.75, 3.05) is 24.8 Å². The number of imidazole rings is 1. The number of methoxy groups -OCH3 is 1. The van der Waals surface area contributed by atoms with E-state index in [1.54, 1.807) is 42.6 Å². The predicted octanol–water partition coefficient (Wildman–Crippen LogP) is 1.44. The molecule has 1 aliphatic heterocycles. The van der Waals surface area contributed by atoms with Gasteiger partial charge in [-0.25, -0.2) is 14.6 Å². The number of anilines is 1. The number of carbonyl (C=O) groups excluding carboxylic acids is 2. The second-order valence-electron chi connectivity index (χ2n) is 7.16. The van der Waals surface area contributed by atoms with Gasteiger partial charge in [0.05, 0.1) is 13.2 Å². The average molecular weight is 421 g/mol. The fraction of sp³-hybridized carbons (Fsp3) is 0.238. The summed E-state index contributed by atoms with van der Waals surface area (Å²) in [5.74, 6) is 6.67. The number of rotatable bonds is 6. The highest BCUT2D eigenvalue weighted by atomic mass is 16.5. The number of ether oxygens (including phenoxy) is 1. The minimum absolute atomic E-state index is 0.0303. The zero-order valence-electron chi connectivity index (χ0n) is 17.0. The third-order valence-corrected chi connectivity index (χ3v) is 5.17. The molecule has 0 saturated carbocycles. The normalized spacial score (nSPS) is 15.6. The van der Waals surface area contributed by atoms with E-state index < -0.39 is 5.91 Å². The van der Waals surface area contributed by atoms with Crippen molar-refractivity contribution in [3.63, 3.8) is 0 Å². The van der Waals surface area contributed by atoms with Crippen LogP contribution >= 0.6 is 0 Å². The SMILES string of the molecule is COc1ccnc(NC(=O)c2ccc(-c3nc(C4CCCN4)n(N)c3C(N)=O)cc2)c1. The standard InChI is InChI=1S/C21H23N7O3/c1-31-14-8-10-25-16(11-14)26-21(30)13-6-4-12(5-7-13)17-18(19(22)29)28(23)20(27-17)15-3-2-9-24-15/h4-8,10-11,15,24H,2-3,9,23H2,1H3,(H2,22,29)(H,25,26,30). The van der Waals surface area contributed by atoms with Crippen LogP contribution in [-0.2, 0) is 0 Å². The van der Waals surface area contributed by atoms with E-state index in [-0.39, 0.29) is 17.6 Å². The molecule has 3 heterocycles. The summed E-state index contributed by atoms with van der Waals surface area (Å²) in [7, 11) is 1.54. The summed E-state index contributed by atoms with van der Waals surface area (Å²) in [6, 6.07) is 9.96. The van der Waals surface area contributed by atoms with E-state index in [9.17, 15) is 9.59 Å². The lowest BCUT2D eigenvalue weighted by atomic mass is 10.1. The lowest BCUT2D eigenvalue weighted by Crippen LogP contribution is -2.27. The lowest BCUT2D eigenvalue weighted by Gasteiger charge is -2.09. The van der Waals surface area contributed by atoms with Gasteiger partial charge in [-0.1, -0.05) is 12.1 Å². The van der Waals surface area contributed by atoms with Crippen molar-refractivity contribution in [3.8, 4) is 17.0 Å². The minimum Gasteiger partial charge on any atom is -0.497 e. The summed E-state index contributed by atoms with van der Waals surface area (Å²) in [5.41, 5.74) is 7.13. The number of benzene rings is 1. The van der Waals surface area contributed by atoms with E-state index in [4.69, 9.17) is 16.3 Å². The second-order valence-corrected chi connectivity index (χ2v) is 7.16. The van der Waals surface area contributed by atoms with Gasteiger partial charge in [-0.3, -0.25) is 9.59 Å². The van der Waals surface area contributed by atoms with E-state index in [0.29, 0.717) is 34.2 Å². The molecule has 0 bridgehead atoms. The van der Waals surface area contributed by atoms with Crippen molar-refractivity contribution >= 4 is 17.6 Å². The van der Waals surface area contributed by atoms with Gasteiger partial charge in [-0.15, -0.1) is 0 Å². The molecular weight excluding hydrogens is 398 g/mol. The van der Waals surface area contributed by atoms with Gasteiger partial charge in [-0.2, -0.15) is 0 Å². The minimum atomic E-state index is -0.667. The van der Waals surface area contributed by atoms with Crippen molar-refractivity contribution in [2.45, 2.75) is 18.9 Å². The van der Waals surface area contributed by atoms with Gasteiger partial charge in [-0.05, 0) is 37.6 Å². The number of primary amides is 1. The predicted molar refractivity (Wildman–Crippen MR) is 115 cm³/mol. The van der Waals surface area contributed by atoms with Gasteiger partial charge in [0.15, 0.2) is 5.69 Å². The summed E-state index contributed by atoms with van der Waals surface area (Å²) >= 11 is 0. The fourth-order valence-corrected chi connectivity index (χ4v) is 3.61. The van der Waals surface area contributed by atoms with Gasteiger partial charge in [0.1, 0.15) is 23.1 Å². The van der Waals surface area contributed by atoms with Crippen LogP contribution in [0.3, 0.4) is 0 Å². The van der Waals surface area contributed by atoms with Gasteiger partial charge in [0.25, 0.3) is 11.8 Å². The monoisotopic (exact) mass is 421 g/mol. The molecule has 1 saturated heterocycles. The lowest BCUT2D eigenvalue weighted by molar-refractivity contribution is 0.0991. The first-order chi connectivity index (χ1) is 15.0.